The Bertz CT molecular complexity index is 1230. The summed E-state index contributed by atoms with van der Waals surface area (Å²) in [4.78, 5) is 9.35. The van der Waals surface area contributed by atoms with Crippen LogP contribution in [0.3, 0.4) is 0 Å². The molecule has 0 bridgehead atoms. The molecule has 154 valence electrons. The zero-order valence-electron chi connectivity index (χ0n) is 17.3. The smallest absolute Gasteiger partial charge is 0.130 e. The van der Waals surface area contributed by atoms with Gasteiger partial charge in [0, 0.05) is 54.6 Å². The molecule has 4 aromatic rings. The number of hydrogen-bond acceptors (Lipinski definition) is 6. The van der Waals surface area contributed by atoms with Crippen molar-refractivity contribution >= 4 is 27.6 Å². The van der Waals surface area contributed by atoms with Gasteiger partial charge in [-0.25, -0.2) is 4.98 Å². The highest BCUT2D eigenvalue weighted by Gasteiger charge is 2.16. The van der Waals surface area contributed by atoms with E-state index in [1.165, 1.54) is 19.3 Å². The molecule has 0 spiro atoms. The van der Waals surface area contributed by atoms with Crippen molar-refractivity contribution in [2.45, 2.75) is 32.2 Å². The molecule has 5 rings (SSSR count). The molecule has 7 heteroatoms. The van der Waals surface area contributed by atoms with Gasteiger partial charge in [0.15, 0.2) is 0 Å². The molecule has 1 aliphatic carbocycles. The summed E-state index contributed by atoms with van der Waals surface area (Å²) in [5.74, 6) is 0.201. The van der Waals surface area contributed by atoms with E-state index in [2.05, 4.69) is 20.7 Å². The molecule has 2 aromatic carbocycles. The molecule has 0 aliphatic heterocycles. The third kappa shape index (κ3) is 3.45. The number of phenols is 1. The van der Waals surface area contributed by atoms with E-state index in [1.807, 2.05) is 44.4 Å². The molecule has 1 saturated carbocycles. The minimum Gasteiger partial charge on any atom is -0.507 e. The van der Waals surface area contributed by atoms with Crippen molar-refractivity contribution in [3.63, 3.8) is 0 Å². The number of rotatable bonds is 6. The van der Waals surface area contributed by atoms with Gasteiger partial charge in [0.25, 0.3) is 0 Å². The molecular weight excluding hydrogens is 376 g/mol. The lowest BCUT2D eigenvalue weighted by Gasteiger charge is -2.26. The van der Waals surface area contributed by atoms with Crippen molar-refractivity contribution in [1.82, 2.24) is 25.1 Å². The number of aromatic hydroxyl groups is 1. The molecule has 1 aliphatic rings. The molecule has 2 aromatic heterocycles. The number of aryl methyl sites for hydroxylation is 2. The molecule has 0 radical (unpaired) electrons. The molecule has 30 heavy (non-hydrogen) atoms. The summed E-state index contributed by atoms with van der Waals surface area (Å²) in [5, 5.41) is 23.1. The van der Waals surface area contributed by atoms with Crippen molar-refractivity contribution in [2.75, 3.05) is 18.4 Å². The van der Waals surface area contributed by atoms with Gasteiger partial charge in [0.1, 0.15) is 5.75 Å². The highest BCUT2D eigenvalue weighted by atomic mass is 16.3. The Morgan fingerprint density at radius 3 is 2.83 bits per heavy atom. The average molecular weight is 403 g/mol. The first-order valence-electron chi connectivity index (χ1n) is 10.5. The van der Waals surface area contributed by atoms with Gasteiger partial charge in [-0.05, 0) is 44.0 Å². The number of nitrogens with zero attached hydrogens (tertiary/aromatic N) is 4. The molecule has 0 atom stereocenters. The fraction of sp³-hybridized carbons (Fsp3) is 0.348. The molecule has 0 saturated heterocycles. The van der Waals surface area contributed by atoms with E-state index in [-0.39, 0.29) is 5.75 Å². The molecular formula is C23H26N6O. The SMILES string of the molecule is Cc1c(O)c(-c2cnc3cc(NCCNC4CCC4)ccc3n2)cc2cn(C)nc12. The number of fused-ring (bicyclic) bond motifs is 2. The lowest BCUT2D eigenvalue weighted by Crippen LogP contribution is -2.37. The van der Waals surface area contributed by atoms with Crippen LogP contribution in [0.25, 0.3) is 33.2 Å². The maximum Gasteiger partial charge on any atom is 0.130 e. The predicted molar refractivity (Wildman–Crippen MR) is 120 cm³/mol. The van der Waals surface area contributed by atoms with Crippen LogP contribution < -0.4 is 10.6 Å². The number of phenolic OH excluding ortho intramolecular Hbond substituents is 1. The Balaban J connectivity index is 1.38. The lowest BCUT2D eigenvalue weighted by atomic mass is 9.93. The summed E-state index contributed by atoms with van der Waals surface area (Å²) < 4.78 is 1.75. The second kappa shape index (κ2) is 7.57. The highest BCUT2D eigenvalue weighted by molar-refractivity contribution is 5.91. The number of anilines is 1. The Labute approximate surface area is 175 Å². The normalized spacial score (nSPS) is 14.3. The van der Waals surface area contributed by atoms with Gasteiger partial charge >= 0.3 is 0 Å². The largest absolute Gasteiger partial charge is 0.507 e. The van der Waals surface area contributed by atoms with Gasteiger partial charge < -0.3 is 15.7 Å². The standard InChI is InChI=1S/C23H26N6O/c1-14-22-15(13-29(2)28-22)10-18(23(14)30)21-12-26-20-11-17(6-7-19(20)27-21)25-9-8-24-16-4-3-5-16/h6-7,10-13,16,24-25,30H,3-5,8-9H2,1-2H3. The van der Waals surface area contributed by atoms with Crippen LogP contribution in [0, 0.1) is 6.92 Å². The fourth-order valence-electron chi connectivity index (χ4n) is 3.98. The van der Waals surface area contributed by atoms with Crippen LogP contribution in [-0.4, -0.2) is 44.0 Å². The van der Waals surface area contributed by atoms with Crippen LogP contribution in [0.5, 0.6) is 5.75 Å². The highest BCUT2D eigenvalue weighted by Crippen LogP contribution is 2.36. The maximum absolute atomic E-state index is 10.7. The van der Waals surface area contributed by atoms with Crippen LogP contribution in [0.15, 0.2) is 36.7 Å². The Morgan fingerprint density at radius 1 is 1.17 bits per heavy atom. The number of nitrogens with one attached hydrogen (secondary N) is 2. The first-order valence-corrected chi connectivity index (χ1v) is 10.5. The van der Waals surface area contributed by atoms with E-state index in [4.69, 9.17) is 4.98 Å². The van der Waals surface area contributed by atoms with Crippen molar-refractivity contribution < 1.29 is 5.11 Å². The minimum atomic E-state index is 0.201. The van der Waals surface area contributed by atoms with Gasteiger partial charge in [-0.1, -0.05) is 6.42 Å². The number of hydrogen-bond donors (Lipinski definition) is 3. The van der Waals surface area contributed by atoms with Gasteiger partial charge in [-0.3, -0.25) is 9.67 Å². The van der Waals surface area contributed by atoms with Crippen LogP contribution in [0.4, 0.5) is 5.69 Å². The Morgan fingerprint density at radius 2 is 2.03 bits per heavy atom. The molecule has 0 unspecified atom stereocenters. The van der Waals surface area contributed by atoms with E-state index >= 15 is 0 Å². The second-order valence-electron chi connectivity index (χ2n) is 8.11. The average Bonchev–Trinajstić information content (AvgIpc) is 3.09. The summed E-state index contributed by atoms with van der Waals surface area (Å²) in [5.41, 5.74) is 5.54. The van der Waals surface area contributed by atoms with E-state index in [0.717, 1.165) is 46.3 Å². The summed E-state index contributed by atoms with van der Waals surface area (Å²) >= 11 is 0. The topological polar surface area (TPSA) is 87.9 Å². The van der Waals surface area contributed by atoms with E-state index in [1.54, 1.807) is 10.9 Å². The fourth-order valence-corrected chi connectivity index (χ4v) is 3.98. The molecule has 1 fully saturated rings. The van der Waals surface area contributed by atoms with Crippen LogP contribution in [0.1, 0.15) is 24.8 Å². The second-order valence-corrected chi connectivity index (χ2v) is 8.11. The summed E-state index contributed by atoms with van der Waals surface area (Å²) in [6.07, 6.45) is 7.62. The lowest BCUT2D eigenvalue weighted by molar-refractivity contribution is 0.345. The summed E-state index contributed by atoms with van der Waals surface area (Å²) in [7, 11) is 1.88. The van der Waals surface area contributed by atoms with Crippen molar-refractivity contribution in [2.24, 2.45) is 7.05 Å². The van der Waals surface area contributed by atoms with Gasteiger partial charge in [0.2, 0.25) is 0 Å². The maximum atomic E-state index is 10.7. The first kappa shape index (κ1) is 18.8. The van der Waals surface area contributed by atoms with Gasteiger partial charge in [-0.15, -0.1) is 0 Å². The molecule has 0 amide bonds. The van der Waals surface area contributed by atoms with Crippen LogP contribution >= 0.6 is 0 Å². The van der Waals surface area contributed by atoms with E-state index < -0.39 is 0 Å². The molecule has 7 nitrogen and oxygen atoms in total. The van der Waals surface area contributed by atoms with Crippen molar-refractivity contribution in [3.05, 3.63) is 42.2 Å². The van der Waals surface area contributed by atoms with Crippen LogP contribution in [-0.2, 0) is 7.05 Å². The zero-order valence-corrected chi connectivity index (χ0v) is 17.3. The third-order valence-corrected chi connectivity index (χ3v) is 5.93. The molecule has 2 heterocycles. The minimum absolute atomic E-state index is 0.201. The summed E-state index contributed by atoms with van der Waals surface area (Å²) in [6, 6.07) is 8.65. The monoisotopic (exact) mass is 402 g/mol. The summed E-state index contributed by atoms with van der Waals surface area (Å²) in [6.45, 7) is 3.72. The molecule has 3 N–H and O–H groups in total. The van der Waals surface area contributed by atoms with Crippen molar-refractivity contribution in [1.29, 1.82) is 0 Å². The van der Waals surface area contributed by atoms with Crippen molar-refractivity contribution in [3.8, 4) is 17.0 Å². The zero-order chi connectivity index (χ0) is 20.7. The Kier molecular flexibility index (Phi) is 4.75. The van der Waals surface area contributed by atoms with Gasteiger partial charge in [-0.2, -0.15) is 5.10 Å². The Hall–Kier alpha value is -3.19. The number of benzene rings is 2. The van der Waals surface area contributed by atoms with Crippen LogP contribution in [0.2, 0.25) is 0 Å². The predicted octanol–water partition coefficient (Wildman–Crippen LogP) is 3.75. The van der Waals surface area contributed by atoms with Gasteiger partial charge in [0.05, 0.1) is 28.4 Å². The van der Waals surface area contributed by atoms with E-state index in [9.17, 15) is 5.11 Å². The third-order valence-electron chi connectivity index (χ3n) is 5.93. The first-order chi connectivity index (χ1) is 14.6. The number of aromatic nitrogens is 4. The quantitative estimate of drug-likeness (QED) is 0.426. The van der Waals surface area contributed by atoms with E-state index in [0.29, 0.717) is 17.3 Å².